The first-order chi connectivity index (χ1) is 8.74. The van der Waals surface area contributed by atoms with Crippen LogP contribution in [0.25, 0.3) is 0 Å². The Morgan fingerprint density at radius 3 is 2.94 bits per heavy atom. The molecule has 1 heterocycles. The van der Waals surface area contributed by atoms with Gasteiger partial charge in [-0.1, -0.05) is 24.3 Å². The Kier molecular flexibility index (Phi) is 2.92. The van der Waals surface area contributed by atoms with Gasteiger partial charge in [0.2, 0.25) is 0 Å². The molecule has 0 saturated heterocycles. The van der Waals surface area contributed by atoms with Crippen molar-refractivity contribution in [3.05, 3.63) is 52.8 Å². The Bertz CT molecular complexity index is 557. The molecule has 1 aliphatic rings. The van der Waals surface area contributed by atoms with E-state index in [-0.39, 0.29) is 0 Å². The molecule has 2 aromatic rings. The number of fused-ring (bicyclic) bond motifs is 1. The van der Waals surface area contributed by atoms with Crippen LogP contribution in [0.2, 0.25) is 0 Å². The zero-order valence-electron chi connectivity index (χ0n) is 11.0. The molecule has 0 fully saturated rings. The minimum Gasteiger partial charge on any atom is -0.311 e. The molecule has 94 valence electrons. The van der Waals surface area contributed by atoms with Crippen LogP contribution >= 0.6 is 0 Å². The lowest BCUT2D eigenvalue weighted by molar-refractivity contribution is 0.523. The summed E-state index contributed by atoms with van der Waals surface area (Å²) in [5.74, 6) is 0.690. The number of benzene rings is 1. The second kappa shape index (κ2) is 4.58. The Morgan fingerprint density at radius 2 is 2.22 bits per heavy atom. The number of nitrogens with one attached hydrogen (secondary N) is 1. The molecule has 1 aromatic carbocycles. The van der Waals surface area contributed by atoms with Crippen LogP contribution in [0.3, 0.4) is 0 Å². The van der Waals surface area contributed by atoms with Gasteiger partial charge in [-0.05, 0) is 30.5 Å². The summed E-state index contributed by atoms with van der Waals surface area (Å²) in [5, 5.41) is 7.89. The summed E-state index contributed by atoms with van der Waals surface area (Å²) >= 11 is 0. The molecule has 1 unspecified atom stereocenters. The highest BCUT2D eigenvalue weighted by Gasteiger charge is 2.24. The smallest absolute Gasteiger partial charge is 0.0597 e. The van der Waals surface area contributed by atoms with E-state index in [9.17, 15) is 0 Å². The third-order valence-electron chi connectivity index (χ3n) is 3.76. The van der Waals surface area contributed by atoms with Crippen LogP contribution in [0.15, 0.2) is 30.3 Å². The van der Waals surface area contributed by atoms with E-state index in [4.69, 9.17) is 0 Å². The first-order valence-corrected chi connectivity index (χ1v) is 6.52. The van der Waals surface area contributed by atoms with Crippen molar-refractivity contribution in [2.24, 2.45) is 7.05 Å². The Balaban J connectivity index is 1.54. The van der Waals surface area contributed by atoms with Gasteiger partial charge in [0.15, 0.2) is 0 Å². The van der Waals surface area contributed by atoms with Gasteiger partial charge in [-0.15, -0.1) is 0 Å². The normalized spacial score (nSPS) is 17.3. The van der Waals surface area contributed by atoms with E-state index in [2.05, 4.69) is 40.7 Å². The largest absolute Gasteiger partial charge is 0.311 e. The van der Waals surface area contributed by atoms with E-state index >= 15 is 0 Å². The molecule has 3 rings (SSSR count). The van der Waals surface area contributed by atoms with Crippen LogP contribution in [0.1, 0.15) is 28.4 Å². The van der Waals surface area contributed by atoms with Crippen molar-refractivity contribution < 1.29 is 0 Å². The topological polar surface area (TPSA) is 29.9 Å². The van der Waals surface area contributed by atoms with Gasteiger partial charge in [-0.25, -0.2) is 0 Å². The molecule has 18 heavy (non-hydrogen) atoms. The van der Waals surface area contributed by atoms with Crippen LogP contribution in [0.5, 0.6) is 0 Å². The summed E-state index contributed by atoms with van der Waals surface area (Å²) in [6.07, 6.45) is 1.22. The van der Waals surface area contributed by atoms with Gasteiger partial charge < -0.3 is 5.32 Å². The maximum absolute atomic E-state index is 4.36. The van der Waals surface area contributed by atoms with Crippen LogP contribution in [0, 0.1) is 6.92 Å². The molecular weight excluding hydrogens is 222 g/mol. The molecule has 1 atom stereocenters. The predicted molar refractivity (Wildman–Crippen MR) is 72.5 cm³/mol. The van der Waals surface area contributed by atoms with Gasteiger partial charge in [0.25, 0.3) is 0 Å². The Morgan fingerprint density at radius 1 is 1.39 bits per heavy atom. The van der Waals surface area contributed by atoms with Gasteiger partial charge in [-0.2, -0.15) is 5.10 Å². The van der Waals surface area contributed by atoms with Gasteiger partial charge >= 0.3 is 0 Å². The lowest BCUT2D eigenvalue weighted by atomic mass is 9.77. The van der Waals surface area contributed by atoms with Crippen molar-refractivity contribution in [3.63, 3.8) is 0 Å². The van der Waals surface area contributed by atoms with Crippen LogP contribution in [-0.2, 0) is 20.0 Å². The Hall–Kier alpha value is -1.61. The quantitative estimate of drug-likeness (QED) is 0.889. The number of rotatable bonds is 4. The van der Waals surface area contributed by atoms with Crippen molar-refractivity contribution in [2.75, 3.05) is 6.54 Å². The van der Waals surface area contributed by atoms with Crippen molar-refractivity contribution >= 4 is 0 Å². The molecular formula is C15H19N3. The maximum Gasteiger partial charge on any atom is 0.0597 e. The first kappa shape index (κ1) is 11.5. The number of aryl methyl sites for hydroxylation is 2. The predicted octanol–water partition coefficient (Wildman–Crippen LogP) is 2.16. The van der Waals surface area contributed by atoms with Crippen molar-refractivity contribution in [1.29, 1.82) is 0 Å². The maximum atomic E-state index is 4.36. The fraction of sp³-hybridized carbons (Fsp3) is 0.400. The fourth-order valence-corrected chi connectivity index (χ4v) is 2.75. The molecule has 1 aliphatic carbocycles. The molecule has 0 aliphatic heterocycles. The molecule has 0 radical (unpaired) electrons. The number of hydrogen-bond acceptors (Lipinski definition) is 2. The third-order valence-corrected chi connectivity index (χ3v) is 3.76. The van der Waals surface area contributed by atoms with E-state index < -0.39 is 0 Å². The lowest BCUT2D eigenvalue weighted by Gasteiger charge is -2.30. The highest BCUT2D eigenvalue weighted by atomic mass is 15.3. The molecule has 0 amide bonds. The van der Waals surface area contributed by atoms with Crippen molar-refractivity contribution in [2.45, 2.75) is 25.8 Å². The van der Waals surface area contributed by atoms with E-state index in [0.29, 0.717) is 5.92 Å². The average Bonchev–Trinajstić information content (AvgIpc) is 2.64. The summed E-state index contributed by atoms with van der Waals surface area (Å²) in [5.41, 5.74) is 5.37. The average molecular weight is 241 g/mol. The third kappa shape index (κ3) is 2.06. The molecule has 0 bridgehead atoms. The highest BCUT2D eigenvalue weighted by molar-refractivity contribution is 5.40. The molecule has 3 nitrogen and oxygen atoms in total. The van der Waals surface area contributed by atoms with Gasteiger partial charge in [0.05, 0.1) is 11.4 Å². The van der Waals surface area contributed by atoms with Crippen molar-refractivity contribution in [1.82, 2.24) is 15.1 Å². The minimum atomic E-state index is 0.690. The second-order valence-electron chi connectivity index (χ2n) is 5.13. The SMILES string of the molecule is Cc1cc(CNCC2Cc3ccccc32)n(C)n1. The van der Waals surface area contributed by atoms with Gasteiger partial charge in [-0.3, -0.25) is 4.68 Å². The molecule has 1 aromatic heterocycles. The summed E-state index contributed by atoms with van der Waals surface area (Å²) in [6, 6.07) is 10.9. The number of aromatic nitrogens is 2. The van der Waals surface area contributed by atoms with Crippen molar-refractivity contribution in [3.8, 4) is 0 Å². The van der Waals surface area contributed by atoms with E-state index in [1.807, 2.05) is 18.7 Å². The summed E-state index contributed by atoms with van der Waals surface area (Å²) in [6.45, 7) is 3.99. The van der Waals surface area contributed by atoms with E-state index in [1.165, 1.54) is 23.2 Å². The Labute approximate surface area is 108 Å². The molecule has 1 N–H and O–H groups in total. The standard InChI is InChI=1S/C15H19N3/c1-11-7-14(18(2)17-11)10-16-9-13-8-12-5-3-4-6-15(12)13/h3-7,13,16H,8-10H2,1-2H3. The number of hydrogen-bond donors (Lipinski definition) is 1. The summed E-state index contributed by atoms with van der Waals surface area (Å²) in [4.78, 5) is 0. The zero-order valence-corrected chi connectivity index (χ0v) is 11.0. The van der Waals surface area contributed by atoms with Gasteiger partial charge in [0.1, 0.15) is 0 Å². The first-order valence-electron chi connectivity index (χ1n) is 6.52. The highest BCUT2D eigenvalue weighted by Crippen LogP contribution is 2.33. The molecule has 0 spiro atoms. The van der Waals surface area contributed by atoms with Crippen LogP contribution in [-0.4, -0.2) is 16.3 Å². The number of nitrogens with zero attached hydrogens (tertiary/aromatic N) is 2. The van der Waals surface area contributed by atoms with E-state index in [1.54, 1.807) is 0 Å². The summed E-state index contributed by atoms with van der Waals surface area (Å²) < 4.78 is 1.96. The summed E-state index contributed by atoms with van der Waals surface area (Å²) in [7, 11) is 2.00. The lowest BCUT2D eigenvalue weighted by Crippen LogP contribution is -2.29. The van der Waals surface area contributed by atoms with Gasteiger partial charge in [0, 0.05) is 26.1 Å². The zero-order chi connectivity index (χ0) is 12.5. The fourth-order valence-electron chi connectivity index (χ4n) is 2.75. The van der Waals surface area contributed by atoms with E-state index in [0.717, 1.165) is 18.8 Å². The minimum absolute atomic E-state index is 0.690. The molecule has 0 saturated carbocycles. The molecule has 3 heteroatoms. The second-order valence-corrected chi connectivity index (χ2v) is 5.13. The van der Waals surface area contributed by atoms with Crippen LogP contribution in [0.4, 0.5) is 0 Å². The monoisotopic (exact) mass is 241 g/mol. The van der Waals surface area contributed by atoms with Crippen LogP contribution < -0.4 is 5.32 Å².